The van der Waals surface area contributed by atoms with Crippen molar-refractivity contribution in [2.24, 2.45) is 0 Å². The first kappa shape index (κ1) is 22.9. The van der Waals surface area contributed by atoms with E-state index in [2.05, 4.69) is 12.0 Å². The van der Waals surface area contributed by atoms with E-state index in [9.17, 15) is 18.0 Å². The summed E-state index contributed by atoms with van der Waals surface area (Å²) in [5, 5.41) is 13.6. The molecule has 31 heavy (non-hydrogen) atoms. The van der Waals surface area contributed by atoms with Gasteiger partial charge >= 0.3 is 12.1 Å². The second-order valence-corrected chi connectivity index (χ2v) is 8.42. The number of rotatable bonds is 8. The van der Waals surface area contributed by atoms with E-state index in [1.165, 1.54) is 12.1 Å². The summed E-state index contributed by atoms with van der Waals surface area (Å²) in [7, 11) is 0. The molecule has 2 aromatic carbocycles. The molecule has 164 valence electrons. The Morgan fingerprint density at radius 3 is 2.45 bits per heavy atom. The number of carboxylic acid groups (broad SMARTS) is 1. The number of alkyl halides is 3. The van der Waals surface area contributed by atoms with E-state index in [0.717, 1.165) is 40.3 Å². The number of benzene rings is 2. The number of thioether (sulfide) groups is 1. The van der Waals surface area contributed by atoms with Crippen LogP contribution in [0, 0.1) is 6.92 Å². The number of halogens is 3. The lowest BCUT2D eigenvalue weighted by Gasteiger charge is -2.16. The van der Waals surface area contributed by atoms with Crippen molar-refractivity contribution in [2.45, 2.75) is 49.4 Å². The number of hydrogen-bond acceptors (Lipinski definition) is 3. The van der Waals surface area contributed by atoms with Crippen LogP contribution in [0.25, 0.3) is 5.69 Å². The van der Waals surface area contributed by atoms with Gasteiger partial charge in [0.1, 0.15) is 0 Å². The minimum atomic E-state index is -4.37. The Labute approximate surface area is 183 Å². The van der Waals surface area contributed by atoms with Gasteiger partial charge < -0.3 is 5.11 Å². The van der Waals surface area contributed by atoms with Crippen LogP contribution in [0.15, 0.2) is 59.6 Å². The second-order valence-electron chi connectivity index (χ2n) is 7.18. The third-order valence-electron chi connectivity index (χ3n) is 4.96. The summed E-state index contributed by atoms with van der Waals surface area (Å²) in [5.41, 5.74) is 2.66. The number of nitrogens with zero attached hydrogens (tertiary/aromatic N) is 2. The average molecular weight is 449 g/mol. The topological polar surface area (TPSA) is 55.1 Å². The van der Waals surface area contributed by atoms with Crippen LogP contribution in [-0.4, -0.2) is 20.9 Å². The maximum atomic E-state index is 12.8. The zero-order valence-electron chi connectivity index (χ0n) is 17.2. The molecule has 0 aliphatic heterocycles. The van der Waals surface area contributed by atoms with Crippen LogP contribution in [0.3, 0.4) is 0 Å². The summed E-state index contributed by atoms with van der Waals surface area (Å²) in [6, 6.07) is 12.7. The van der Waals surface area contributed by atoms with Gasteiger partial charge in [-0.3, -0.25) is 4.79 Å². The van der Waals surface area contributed by atoms with Gasteiger partial charge in [0.05, 0.1) is 16.9 Å². The Kier molecular flexibility index (Phi) is 7.10. The molecular weight excluding hydrogens is 425 g/mol. The summed E-state index contributed by atoms with van der Waals surface area (Å²) in [5.74, 6) is -0.833. The standard InChI is InChI=1S/C23H23F3N2O2S/c1-3-20(31-21-7-5-4-6-16(21)8-13-22(29)30)19-14-28(27-15(19)2)18-11-9-17(10-12-18)23(24,25)26/h4-7,9-12,14,20H,3,8,13H2,1-2H3,(H,29,30). The Bertz CT molecular complexity index is 1050. The summed E-state index contributed by atoms with van der Waals surface area (Å²) >= 11 is 1.65. The Balaban J connectivity index is 1.84. The second kappa shape index (κ2) is 9.60. The molecule has 0 radical (unpaired) electrons. The van der Waals surface area contributed by atoms with E-state index in [0.29, 0.717) is 12.1 Å². The highest BCUT2D eigenvalue weighted by molar-refractivity contribution is 7.99. The predicted octanol–water partition coefficient (Wildman–Crippen LogP) is 6.46. The van der Waals surface area contributed by atoms with Crippen molar-refractivity contribution in [1.29, 1.82) is 0 Å². The number of carbonyl (C=O) groups is 1. The van der Waals surface area contributed by atoms with Crippen molar-refractivity contribution in [2.75, 3.05) is 0 Å². The van der Waals surface area contributed by atoms with Crippen molar-refractivity contribution in [1.82, 2.24) is 9.78 Å². The van der Waals surface area contributed by atoms with Crippen molar-refractivity contribution < 1.29 is 23.1 Å². The Hall–Kier alpha value is -2.74. The number of aryl methyl sites for hydroxylation is 2. The minimum Gasteiger partial charge on any atom is -0.481 e. The van der Waals surface area contributed by atoms with E-state index in [-0.39, 0.29) is 11.7 Å². The first-order valence-electron chi connectivity index (χ1n) is 9.89. The van der Waals surface area contributed by atoms with E-state index >= 15 is 0 Å². The summed E-state index contributed by atoms with van der Waals surface area (Å²) in [4.78, 5) is 12.0. The molecule has 1 unspecified atom stereocenters. The van der Waals surface area contributed by atoms with Gasteiger partial charge in [0.15, 0.2) is 0 Å². The molecule has 0 amide bonds. The molecule has 1 atom stereocenters. The summed E-state index contributed by atoms with van der Waals surface area (Å²) < 4.78 is 40.1. The quantitative estimate of drug-likeness (QED) is 0.402. The van der Waals surface area contributed by atoms with E-state index < -0.39 is 17.7 Å². The Morgan fingerprint density at radius 2 is 1.84 bits per heavy atom. The number of aliphatic carboxylic acids is 1. The maximum Gasteiger partial charge on any atom is 0.416 e. The van der Waals surface area contributed by atoms with E-state index in [4.69, 9.17) is 5.11 Å². The van der Waals surface area contributed by atoms with Gasteiger partial charge in [-0.2, -0.15) is 18.3 Å². The van der Waals surface area contributed by atoms with Gasteiger partial charge in [0.25, 0.3) is 0 Å². The lowest BCUT2D eigenvalue weighted by atomic mass is 10.1. The van der Waals surface area contributed by atoms with Crippen LogP contribution in [-0.2, 0) is 17.4 Å². The van der Waals surface area contributed by atoms with Gasteiger partial charge in [0.2, 0.25) is 0 Å². The van der Waals surface area contributed by atoms with Crippen molar-refractivity contribution in [3.8, 4) is 5.69 Å². The first-order valence-corrected chi connectivity index (χ1v) is 10.8. The third kappa shape index (κ3) is 5.70. The molecule has 0 aliphatic rings. The van der Waals surface area contributed by atoms with Gasteiger partial charge in [-0.25, -0.2) is 4.68 Å². The lowest BCUT2D eigenvalue weighted by Crippen LogP contribution is -2.05. The van der Waals surface area contributed by atoms with E-state index in [1.807, 2.05) is 37.4 Å². The maximum absolute atomic E-state index is 12.8. The molecule has 0 saturated carbocycles. The minimum absolute atomic E-state index is 0.0687. The SMILES string of the molecule is CCC(Sc1ccccc1CCC(=O)O)c1cn(-c2ccc(C(F)(F)F)cc2)nc1C. The fraction of sp³-hybridized carbons (Fsp3) is 0.304. The van der Waals surface area contributed by atoms with Crippen molar-refractivity contribution >= 4 is 17.7 Å². The zero-order chi connectivity index (χ0) is 22.6. The van der Waals surface area contributed by atoms with Gasteiger partial charge in [-0.15, -0.1) is 11.8 Å². The lowest BCUT2D eigenvalue weighted by molar-refractivity contribution is -0.138. The van der Waals surface area contributed by atoms with Crippen LogP contribution in [0.4, 0.5) is 13.2 Å². The predicted molar refractivity (Wildman–Crippen MR) is 115 cm³/mol. The fourth-order valence-corrected chi connectivity index (χ4v) is 4.62. The van der Waals surface area contributed by atoms with Crippen LogP contribution in [0.5, 0.6) is 0 Å². The third-order valence-corrected chi connectivity index (χ3v) is 6.49. The van der Waals surface area contributed by atoms with Crippen molar-refractivity contribution in [3.63, 3.8) is 0 Å². The molecule has 0 spiro atoms. The van der Waals surface area contributed by atoms with Crippen molar-refractivity contribution in [3.05, 3.63) is 77.1 Å². The van der Waals surface area contributed by atoms with Crippen LogP contribution >= 0.6 is 11.8 Å². The number of hydrogen-bond donors (Lipinski definition) is 1. The first-order chi connectivity index (χ1) is 14.7. The molecule has 0 saturated heterocycles. The number of aromatic nitrogens is 2. The molecule has 3 rings (SSSR count). The van der Waals surface area contributed by atoms with Crippen LogP contribution < -0.4 is 0 Å². The van der Waals surface area contributed by atoms with Crippen LogP contribution in [0.1, 0.15) is 47.4 Å². The summed E-state index contributed by atoms with van der Waals surface area (Å²) in [6.07, 6.45) is -1.17. The van der Waals surface area contributed by atoms with Gasteiger partial charge in [0, 0.05) is 28.3 Å². The molecular formula is C23H23F3N2O2S. The molecule has 0 bridgehead atoms. The number of carboxylic acids is 1. The van der Waals surface area contributed by atoms with E-state index in [1.54, 1.807) is 16.4 Å². The summed E-state index contributed by atoms with van der Waals surface area (Å²) in [6.45, 7) is 3.95. The Morgan fingerprint density at radius 1 is 1.16 bits per heavy atom. The van der Waals surface area contributed by atoms with Crippen LogP contribution in [0.2, 0.25) is 0 Å². The average Bonchev–Trinajstić information content (AvgIpc) is 3.12. The molecule has 0 aliphatic carbocycles. The highest BCUT2D eigenvalue weighted by Crippen LogP contribution is 2.41. The van der Waals surface area contributed by atoms with Gasteiger partial charge in [-0.05, 0) is 55.7 Å². The molecule has 3 aromatic rings. The molecule has 1 N–H and O–H groups in total. The zero-order valence-corrected chi connectivity index (χ0v) is 18.0. The molecule has 4 nitrogen and oxygen atoms in total. The molecule has 1 heterocycles. The highest BCUT2D eigenvalue weighted by Gasteiger charge is 2.30. The molecule has 0 fully saturated rings. The molecule has 1 aromatic heterocycles. The molecule has 8 heteroatoms. The smallest absolute Gasteiger partial charge is 0.416 e. The normalized spacial score (nSPS) is 12.7. The largest absolute Gasteiger partial charge is 0.481 e. The van der Waals surface area contributed by atoms with Gasteiger partial charge in [-0.1, -0.05) is 25.1 Å². The fourth-order valence-electron chi connectivity index (χ4n) is 3.31. The monoisotopic (exact) mass is 448 g/mol. The highest BCUT2D eigenvalue weighted by atomic mass is 32.2.